The highest BCUT2D eigenvalue weighted by atomic mass is 35.5. The van der Waals surface area contributed by atoms with Crippen LogP contribution in [0.3, 0.4) is 0 Å². The van der Waals surface area contributed by atoms with Crippen LogP contribution < -0.4 is 5.32 Å². The minimum Gasteiger partial charge on any atom is -0.450 e. The summed E-state index contributed by atoms with van der Waals surface area (Å²) in [5.74, 6) is 0. The monoisotopic (exact) mass is 417 g/mol. The molecule has 1 aliphatic heterocycles. The minimum absolute atomic E-state index is 0.170. The summed E-state index contributed by atoms with van der Waals surface area (Å²) >= 11 is 6.17. The second-order valence-electron chi connectivity index (χ2n) is 7.61. The molecule has 0 saturated carbocycles. The molecule has 2 atom stereocenters. The molecule has 2 heterocycles. The lowest BCUT2D eigenvalue weighted by Crippen LogP contribution is -2.24. The Kier molecular flexibility index (Phi) is 6.98. The summed E-state index contributed by atoms with van der Waals surface area (Å²) in [6.07, 6.45) is 2.07. The van der Waals surface area contributed by atoms with E-state index in [0.717, 1.165) is 53.5 Å². The van der Waals surface area contributed by atoms with E-state index in [-0.39, 0.29) is 12.1 Å². The van der Waals surface area contributed by atoms with Crippen molar-refractivity contribution in [1.29, 1.82) is 0 Å². The summed E-state index contributed by atoms with van der Waals surface area (Å²) in [6.45, 7) is 8.32. The molecule has 0 bridgehead atoms. The molecule has 2 N–H and O–H groups in total. The lowest BCUT2D eigenvalue weighted by atomic mass is 10.0. The number of nitrogens with zero attached hydrogens (tertiary/aromatic N) is 2. The number of hydrogen-bond acceptors (Lipinski definition) is 5. The summed E-state index contributed by atoms with van der Waals surface area (Å²) in [6, 6.07) is 8.44. The number of carboxylic acid groups (broad SMARTS) is 1. The SMILES string of the molecule is CC[C@@H](Nc1cnc(C)c(CN2CC[C@@H](OC(=O)O)C2)c1)c1ccc(Cl)c(C)c1. The molecule has 0 unspecified atom stereocenters. The Morgan fingerprint density at radius 2 is 2.21 bits per heavy atom. The zero-order valence-corrected chi connectivity index (χ0v) is 17.9. The number of rotatable bonds is 7. The van der Waals surface area contributed by atoms with Crippen LogP contribution in [0.15, 0.2) is 30.5 Å². The van der Waals surface area contributed by atoms with Gasteiger partial charge in [-0.25, -0.2) is 4.79 Å². The van der Waals surface area contributed by atoms with Crippen LogP contribution >= 0.6 is 11.6 Å². The lowest BCUT2D eigenvalue weighted by Gasteiger charge is -2.21. The van der Waals surface area contributed by atoms with Gasteiger partial charge in [-0.05, 0) is 55.5 Å². The molecule has 3 rings (SSSR count). The summed E-state index contributed by atoms with van der Waals surface area (Å²) < 4.78 is 4.90. The van der Waals surface area contributed by atoms with Crippen molar-refractivity contribution in [3.05, 3.63) is 57.9 Å². The summed E-state index contributed by atoms with van der Waals surface area (Å²) in [4.78, 5) is 17.5. The first-order chi connectivity index (χ1) is 13.9. The van der Waals surface area contributed by atoms with Crippen molar-refractivity contribution < 1.29 is 14.6 Å². The Morgan fingerprint density at radius 1 is 1.41 bits per heavy atom. The van der Waals surface area contributed by atoms with Crippen molar-refractivity contribution in [2.24, 2.45) is 0 Å². The highest BCUT2D eigenvalue weighted by molar-refractivity contribution is 6.31. The fourth-order valence-electron chi connectivity index (χ4n) is 3.75. The van der Waals surface area contributed by atoms with Gasteiger partial charge in [-0.2, -0.15) is 0 Å². The number of aromatic nitrogens is 1. The summed E-state index contributed by atoms with van der Waals surface area (Å²) in [5.41, 5.74) is 5.35. The second kappa shape index (κ2) is 9.46. The predicted octanol–water partition coefficient (Wildman–Crippen LogP) is 5.18. The molecule has 1 aliphatic rings. The normalized spacial score (nSPS) is 17.9. The quantitative estimate of drug-likeness (QED) is 0.604. The number of ether oxygens (including phenoxy) is 1. The number of likely N-dealkylation sites (tertiary alicyclic amines) is 1. The number of benzene rings is 1. The fourth-order valence-corrected chi connectivity index (χ4v) is 3.86. The van der Waals surface area contributed by atoms with Gasteiger partial charge >= 0.3 is 6.16 Å². The van der Waals surface area contributed by atoms with E-state index in [0.29, 0.717) is 6.54 Å². The predicted molar refractivity (Wildman–Crippen MR) is 115 cm³/mol. The Morgan fingerprint density at radius 3 is 2.90 bits per heavy atom. The van der Waals surface area contributed by atoms with Crippen LogP contribution in [-0.2, 0) is 11.3 Å². The number of carbonyl (C=O) groups is 1. The largest absolute Gasteiger partial charge is 0.506 e. The molecular weight excluding hydrogens is 390 g/mol. The van der Waals surface area contributed by atoms with Crippen LogP contribution in [0.5, 0.6) is 0 Å². The molecule has 0 amide bonds. The van der Waals surface area contributed by atoms with Crippen molar-refractivity contribution in [2.75, 3.05) is 18.4 Å². The van der Waals surface area contributed by atoms with E-state index in [2.05, 4.69) is 40.3 Å². The van der Waals surface area contributed by atoms with Gasteiger partial charge in [0, 0.05) is 30.4 Å². The van der Waals surface area contributed by atoms with Crippen molar-refractivity contribution in [1.82, 2.24) is 9.88 Å². The third-order valence-corrected chi connectivity index (χ3v) is 5.84. The summed E-state index contributed by atoms with van der Waals surface area (Å²) in [7, 11) is 0. The highest BCUT2D eigenvalue weighted by Crippen LogP contribution is 2.27. The molecule has 1 saturated heterocycles. The Labute approximate surface area is 176 Å². The Hall–Kier alpha value is -2.31. The number of nitrogens with one attached hydrogen (secondary N) is 1. The van der Waals surface area contributed by atoms with Crippen LogP contribution in [0.4, 0.5) is 10.5 Å². The zero-order valence-electron chi connectivity index (χ0n) is 17.1. The zero-order chi connectivity index (χ0) is 21.0. The van der Waals surface area contributed by atoms with E-state index in [4.69, 9.17) is 21.4 Å². The van der Waals surface area contributed by atoms with Crippen LogP contribution in [0.25, 0.3) is 0 Å². The topological polar surface area (TPSA) is 74.7 Å². The van der Waals surface area contributed by atoms with E-state index in [1.165, 1.54) is 5.56 Å². The first-order valence-electron chi connectivity index (χ1n) is 9.95. The Balaban J connectivity index is 1.69. The number of pyridine rings is 1. The van der Waals surface area contributed by atoms with E-state index in [1.54, 1.807) is 0 Å². The molecule has 1 fully saturated rings. The molecule has 0 radical (unpaired) electrons. The van der Waals surface area contributed by atoms with Gasteiger partial charge in [-0.1, -0.05) is 30.7 Å². The number of hydrogen-bond donors (Lipinski definition) is 2. The van der Waals surface area contributed by atoms with E-state index in [1.807, 2.05) is 26.1 Å². The lowest BCUT2D eigenvalue weighted by molar-refractivity contribution is 0.0548. The van der Waals surface area contributed by atoms with Crippen LogP contribution in [0.2, 0.25) is 5.02 Å². The first kappa shape index (κ1) is 21.4. The number of aryl methyl sites for hydroxylation is 2. The third kappa shape index (κ3) is 5.61. The van der Waals surface area contributed by atoms with Gasteiger partial charge in [-0.15, -0.1) is 0 Å². The molecule has 7 heteroatoms. The van der Waals surface area contributed by atoms with Crippen molar-refractivity contribution in [2.45, 2.75) is 52.3 Å². The second-order valence-corrected chi connectivity index (χ2v) is 8.02. The van der Waals surface area contributed by atoms with E-state index >= 15 is 0 Å². The maximum atomic E-state index is 10.7. The highest BCUT2D eigenvalue weighted by Gasteiger charge is 2.26. The molecule has 1 aromatic carbocycles. The van der Waals surface area contributed by atoms with Crippen LogP contribution in [0.1, 0.15) is 48.2 Å². The molecular formula is C22H28ClN3O3. The van der Waals surface area contributed by atoms with Gasteiger partial charge in [0.05, 0.1) is 17.9 Å². The van der Waals surface area contributed by atoms with Gasteiger partial charge < -0.3 is 15.2 Å². The average molecular weight is 418 g/mol. The molecule has 0 aliphatic carbocycles. The van der Waals surface area contributed by atoms with Crippen molar-refractivity contribution in [3.63, 3.8) is 0 Å². The maximum Gasteiger partial charge on any atom is 0.506 e. The molecule has 29 heavy (non-hydrogen) atoms. The van der Waals surface area contributed by atoms with Crippen LogP contribution in [0, 0.1) is 13.8 Å². The van der Waals surface area contributed by atoms with Gasteiger partial charge in [-0.3, -0.25) is 9.88 Å². The molecule has 0 spiro atoms. The molecule has 156 valence electrons. The van der Waals surface area contributed by atoms with Crippen molar-refractivity contribution in [3.8, 4) is 0 Å². The van der Waals surface area contributed by atoms with Crippen LogP contribution in [-0.4, -0.2) is 40.3 Å². The maximum absolute atomic E-state index is 10.7. The number of halogens is 1. The average Bonchev–Trinajstić information content (AvgIpc) is 3.10. The third-order valence-electron chi connectivity index (χ3n) is 5.42. The van der Waals surface area contributed by atoms with Gasteiger partial charge in [0.15, 0.2) is 0 Å². The van der Waals surface area contributed by atoms with Gasteiger partial charge in [0.25, 0.3) is 0 Å². The summed E-state index contributed by atoms with van der Waals surface area (Å²) in [5, 5.41) is 13.2. The van der Waals surface area contributed by atoms with E-state index < -0.39 is 6.16 Å². The fraction of sp³-hybridized carbons (Fsp3) is 0.455. The molecule has 6 nitrogen and oxygen atoms in total. The van der Waals surface area contributed by atoms with Crippen molar-refractivity contribution >= 4 is 23.4 Å². The van der Waals surface area contributed by atoms with Gasteiger partial charge in [0.2, 0.25) is 0 Å². The molecule has 2 aromatic rings. The Bertz CT molecular complexity index is 874. The smallest absolute Gasteiger partial charge is 0.450 e. The van der Waals surface area contributed by atoms with Gasteiger partial charge in [0.1, 0.15) is 6.10 Å². The standard InChI is InChI=1S/C22H28ClN3O3/c1-4-21(16-5-6-20(23)14(2)9-16)25-18-10-17(15(3)24-11-18)12-26-8-7-19(13-26)29-22(27)28/h5-6,9-11,19,21,25H,4,7-8,12-13H2,1-3H3,(H,27,28)/t19-,21-/m1/s1. The minimum atomic E-state index is -1.20. The number of anilines is 1. The first-order valence-corrected chi connectivity index (χ1v) is 10.3. The van der Waals surface area contributed by atoms with E-state index in [9.17, 15) is 4.79 Å². The molecule has 1 aromatic heterocycles.